The van der Waals surface area contributed by atoms with Crippen LogP contribution in [0, 0.1) is 12.8 Å². The molecule has 0 spiro atoms. The first-order chi connectivity index (χ1) is 8.22. The van der Waals surface area contributed by atoms with Crippen LogP contribution in [-0.2, 0) is 9.53 Å². The molecule has 0 aromatic heterocycles. The van der Waals surface area contributed by atoms with Crippen LogP contribution in [0.5, 0.6) is 0 Å². The molecule has 0 unspecified atom stereocenters. The number of ether oxygens (including phenoxy) is 1. The number of hydrogen-bond acceptors (Lipinski definition) is 2. The molecule has 1 saturated carbocycles. The van der Waals surface area contributed by atoms with E-state index in [1.807, 2.05) is 18.2 Å². The lowest BCUT2D eigenvalue weighted by atomic mass is 10.0. The quantitative estimate of drug-likeness (QED) is 0.846. The first-order valence-corrected chi connectivity index (χ1v) is 6.08. The molecule has 17 heavy (non-hydrogen) atoms. The van der Waals surface area contributed by atoms with Crippen molar-refractivity contribution in [3.63, 3.8) is 0 Å². The molecular weight excluding hydrogens is 214 g/mol. The van der Waals surface area contributed by atoms with Crippen molar-refractivity contribution in [2.75, 3.05) is 13.7 Å². The van der Waals surface area contributed by atoms with Gasteiger partial charge in [-0.25, -0.2) is 0 Å². The molecule has 1 aromatic carbocycles. The highest BCUT2D eigenvalue weighted by Crippen LogP contribution is 2.29. The Kier molecular flexibility index (Phi) is 3.79. The second-order valence-electron chi connectivity index (χ2n) is 4.60. The van der Waals surface area contributed by atoms with Crippen LogP contribution < -0.4 is 5.32 Å². The molecule has 0 radical (unpaired) electrons. The van der Waals surface area contributed by atoms with E-state index in [1.54, 1.807) is 7.11 Å². The Morgan fingerprint density at radius 2 is 2.18 bits per heavy atom. The van der Waals surface area contributed by atoms with Crippen LogP contribution in [0.15, 0.2) is 24.3 Å². The van der Waals surface area contributed by atoms with E-state index in [9.17, 15) is 4.79 Å². The van der Waals surface area contributed by atoms with Gasteiger partial charge in [-0.3, -0.25) is 4.79 Å². The Balaban J connectivity index is 1.96. The summed E-state index contributed by atoms with van der Waals surface area (Å²) in [5.74, 6) is 0.421. The molecule has 92 valence electrons. The van der Waals surface area contributed by atoms with Crippen LogP contribution in [0.2, 0.25) is 0 Å². The Bertz CT molecular complexity index is 399. The van der Waals surface area contributed by atoms with Gasteiger partial charge in [0, 0.05) is 19.6 Å². The summed E-state index contributed by atoms with van der Waals surface area (Å²) in [4.78, 5) is 11.6. The maximum absolute atomic E-state index is 11.6. The lowest BCUT2D eigenvalue weighted by Crippen LogP contribution is -2.30. The van der Waals surface area contributed by atoms with Crippen molar-refractivity contribution in [1.29, 1.82) is 0 Å². The second-order valence-corrected chi connectivity index (χ2v) is 4.60. The monoisotopic (exact) mass is 233 g/mol. The number of hydrogen-bond donors (Lipinski definition) is 1. The Hall–Kier alpha value is -1.35. The van der Waals surface area contributed by atoms with E-state index in [1.165, 1.54) is 5.56 Å². The molecular formula is C14H19NO2. The van der Waals surface area contributed by atoms with Crippen LogP contribution in [0.25, 0.3) is 0 Å². The zero-order valence-corrected chi connectivity index (χ0v) is 10.4. The van der Waals surface area contributed by atoms with Gasteiger partial charge in [0.1, 0.15) is 0 Å². The standard InChI is InChI=1S/C14H19NO2/c1-10-5-3-4-6-12(10)13(17-2)9-15-14(16)11-7-8-11/h3-6,11,13H,7-9H2,1-2H3,(H,15,16)/t13-/m0/s1. The van der Waals surface area contributed by atoms with Gasteiger partial charge in [-0.05, 0) is 30.9 Å². The molecule has 1 amide bonds. The molecule has 0 bridgehead atoms. The number of rotatable bonds is 5. The topological polar surface area (TPSA) is 38.3 Å². The third-order valence-corrected chi connectivity index (χ3v) is 3.23. The number of carbonyl (C=O) groups excluding carboxylic acids is 1. The fourth-order valence-electron chi connectivity index (χ4n) is 1.95. The van der Waals surface area contributed by atoms with Crippen LogP contribution in [0.1, 0.15) is 30.1 Å². The molecule has 1 aliphatic carbocycles. The number of nitrogens with one attached hydrogen (secondary N) is 1. The van der Waals surface area contributed by atoms with Crippen molar-refractivity contribution >= 4 is 5.91 Å². The summed E-state index contributed by atoms with van der Waals surface area (Å²) in [5.41, 5.74) is 2.34. The zero-order valence-electron chi connectivity index (χ0n) is 10.4. The van der Waals surface area contributed by atoms with Crippen LogP contribution >= 0.6 is 0 Å². The Morgan fingerprint density at radius 3 is 2.76 bits per heavy atom. The van der Waals surface area contributed by atoms with E-state index in [0.717, 1.165) is 18.4 Å². The van der Waals surface area contributed by atoms with Gasteiger partial charge in [0.25, 0.3) is 0 Å². The fourth-order valence-corrected chi connectivity index (χ4v) is 1.95. The third-order valence-electron chi connectivity index (χ3n) is 3.23. The van der Waals surface area contributed by atoms with E-state index in [4.69, 9.17) is 4.74 Å². The largest absolute Gasteiger partial charge is 0.375 e. The SMILES string of the molecule is CO[C@@H](CNC(=O)C1CC1)c1ccccc1C. The van der Waals surface area contributed by atoms with Gasteiger partial charge in [0.05, 0.1) is 6.10 Å². The summed E-state index contributed by atoms with van der Waals surface area (Å²) in [6, 6.07) is 8.11. The molecule has 3 heteroatoms. The molecule has 0 saturated heterocycles. The van der Waals surface area contributed by atoms with E-state index in [0.29, 0.717) is 6.54 Å². The zero-order chi connectivity index (χ0) is 12.3. The van der Waals surface area contributed by atoms with Crippen LogP contribution in [0.4, 0.5) is 0 Å². The minimum absolute atomic E-state index is 0.0566. The van der Waals surface area contributed by atoms with Gasteiger partial charge in [0.2, 0.25) is 5.91 Å². The highest BCUT2D eigenvalue weighted by Gasteiger charge is 2.29. The van der Waals surface area contributed by atoms with Crippen molar-refractivity contribution < 1.29 is 9.53 Å². The van der Waals surface area contributed by atoms with Crippen LogP contribution in [0.3, 0.4) is 0 Å². The van der Waals surface area contributed by atoms with Gasteiger partial charge in [0.15, 0.2) is 0 Å². The first-order valence-electron chi connectivity index (χ1n) is 6.08. The molecule has 1 aliphatic rings. The van der Waals surface area contributed by atoms with Crippen molar-refractivity contribution in [1.82, 2.24) is 5.32 Å². The number of aryl methyl sites for hydroxylation is 1. The summed E-state index contributed by atoms with van der Waals surface area (Å²) >= 11 is 0. The molecule has 1 fully saturated rings. The summed E-state index contributed by atoms with van der Waals surface area (Å²) < 4.78 is 5.45. The second kappa shape index (κ2) is 5.32. The molecule has 0 heterocycles. The Morgan fingerprint density at radius 1 is 1.47 bits per heavy atom. The molecule has 1 aromatic rings. The van der Waals surface area contributed by atoms with Crippen molar-refractivity contribution in [2.45, 2.75) is 25.9 Å². The minimum Gasteiger partial charge on any atom is -0.375 e. The predicted octanol–water partition coefficient (Wildman–Crippen LogP) is 2.21. The maximum Gasteiger partial charge on any atom is 0.223 e. The average molecular weight is 233 g/mol. The van der Waals surface area contributed by atoms with E-state index in [-0.39, 0.29) is 17.9 Å². The highest BCUT2D eigenvalue weighted by atomic mass is 16.5. The van der Waals surface area contributed by atoms with E-state index >= 15 is 0 Å². The fraction of sp³-hybridized carbons (Fsp3) is 0.500. The van der Waals surface area contributed by atoms with Gasteiger partial charge >= 0.3 is 0 Å². The third kappa shape index (κ3) is 3.07. The summed E-state index contributed by atoms with van der Waals surface area (Å²) in [6.07, 6.45) is 2.01. The first kappa shape index (κ1) is 12.1. The number of carbonyl (C=O) groups is 1. The minimum atomic E-state index is -0.0566. The average Bonchev–Trinajstić information content (AvgIpc) is 3.15. The van der Waals surface area contributed by atoms with Crippen molar-refractivity contribution in [2.24, 2.45) is 5.92 Å². The number of benzene rings is 1. The smallest absolute Gasteiger partial charge is 0.223 e. The van der Waals surface area contributed by atoms with E-state index < -0.39 is 0 Å². The molecule has 2 rings (SSSR count). The molecule has 1 atom stereocenters. The van der Waals surface area contributed by atoms with Crippen molar-refractivity contribution in [3.8, 4) is 0 Å². The normalized spacial score (nSPS) is 16.6. The summed E-state index contributed by atoms with van der Waals surface area (Å²) in [5, 5.41) is 2.96. The molecule has 3 nitrogen and oxygen atoms in total. The highest BCUT2D eigenvalue weighted by molar-refractivity contribution is 5.80. The number of amides is 1. The Labute approximate surface area is 102 Å². The van der Waals surface area contributed by atoms with Gasteiger partial charge in [-0.1, -0.05) is 24.3 Å². The number of methoxy groups -OCH3 is 1. The summed E-state index contributed by atoms with van der Waals surface area (Å²) in [7, 11) is 1.68. The lowest BCUT2D eigenvalue weighted by Gasteiger charge is -2.18. The maximum atomic E-state index is 11.6. The lowest BCUT2D eigenvalue weighted by molar-refractivity contribution is -0.122. The summed E-state index contributed by atoms with van der Waals surface area (Å²) in [6.45, 7) is 2.61. The molecule has 1 N–H and O–H groups in total. The van der Waals surface area contributed by atoms with E-state index in [2.05, 4.69) is 18.3 Å². The van der Waals surface area contributed by atoms with Crippen LogP contribution in [-0.4, -0.2) is 19.6 Å². The van der Waals surface area contributed by atoms with Gasteiger partial charge < -0.3 is 10.1 Å². The van der Waals surface area contributed by atoms with Crippen molar-refractivity contribution in [3.05, 3.63) is 35.4 Å². The van der Waals surface area contributed by atoms with Gasteiger partial charge in [-0.15, -0.1) is 0 Å². The predicted molar refractivity (Wildman–Crippen MR) is 66.7 cm³/mol. The van der Waals surface area contributed by atoms with Gasteiger partial charge in [-0.2, -0.15) is 0 Å². The molecule has 0 aliphatic heterocycles.